The van der Waals surface area contributed by atoms with Gasteiger partial charge < -0.3 is 14.7 Å². The van der Waals surface area contributed by atoms with E-state index in [-0.39, 0.29) is 17.7 Å². The number of hydrogen-bond acceptors (Lipinski definition) is 3. The zero-order valence-electron chi connectivity index (χ0n) is 35.2. The van der Waals surface area contributed by atoms with Crippen LogP contribution >= 0.6 is 0 Å². The highest BCUT2D eigenvalue weighted by molar-refractivity contribution is 7.00. The van der Waals surface area contributed by atoms with E-state index in [1.165, 1.54) is 109 Å². The van der Waals surface area contributed by atoms with Crippen molar-refractivity contribution in [2.24, 2.45) is 0 Å². The molecule has 3 nitrogen and oxygen atoms in total. The summed E-state index contributed by atoms with van der Waals surface area (Å²) in [4.78, 5) is 7.88. The van der Waals surface area contributed by atoms with E-state index in [9.17, 15) is 0 Å². The molecule has 0 saturated heterocycles. The Labute approximate surface area is 364 Å². The van der Waals surface area contributed by atoms with Gasteiger partial charge in [0.2, 0.25) is 0 Å². The van der Waals surface area contributed by atoms with Crippen LogP contribution in [-0.4, -0.2) is 12.3 Å². The fourth-order valence-electron chi connectivity index (χ4n) is 12.4. The van der Waals surface area contributed by atoms with Gasteiger partial charge >= 0.3 is 0 Å². The molecule has 4 heteroatoms. The average molecular weight is 796 g/mol. The molecule has 0 aromatic heterocycles. The quantitative estimate of drug-likeness (QED) is 0.161. The average Bonchev–Trinajstić information content (AvgIpc) is 3.54. The zero-order chi connectivity index (χ0) is 41.2. The molecular formula is C58H46BN3. The molecule has 1 saturated carbocycles. The van der Waals surface area contributed by atoms with Crippen molar-refractivity contribution in [1.82, 2.24) is 0 Å². The number of hydrogen-bond donors (Lipinski definition) is 0. The zero-order valence-corrected chi connectivity index (χ0v) is 35.2. The van der Waals surface area contributed by atoms with E-state index in [4.69, 9.17) is 0 Å². The van der Waals surface area contributed by atoms with E-state index in [0.717, 1.165) is 17.1 Å². The summed E-state index contributed by atoms with van der Waals surface area (Å²) in [7, 11) is 0. The lowest BCUT2D eigenvalue weighted by Crippen LogP contribution is -2.64. The number of benzene rings is 9. The maximum atomic E-state index is 2.81. The summed E-state index contributed by atoms with van der Waals surface area (Å²) in [5, 5.41) is 4.92. The molecule has 3 heterocycles. The first-order chi connectivity index (χ1) is 30.5. The highest BCUT2D eigenvalue weighted by Gasteiger charge is 2.61. The Balaban J connectivity index is 1.09. The molecule has 1 aliphatic carbocycles. The van der Waals surface area contributed by atoms with E-state index in [2.05, 4.69) is 223 Å². The number of nitrogens with zero attached hydrogens (tertiary/aromatic N) is 3. The second-order valence-corrected chi connectivity index (χ2v) is 18.3. The largest absolute Gasteiger partial charge is 0.335 e. The Kier molecular flexibility index (Phi) is 7.62. The standard InChI is InChI=1S/C58H46BN3/c1-57-36-12-13-37-58(57,2)62-53-33-17-32-52-55(53)59(49-29-16-28-47(57)56(49)62)48-35-34-42(38-54(48)60(52)41-22-4-3-5-23-41)61(50-31-15-21-40-19-7-9-25-44(40)50)51-30-11-10-26-46(51)45-27-14-20-39-18-6-8-24-43(39)45/h3-11,14-35,38H,12-13,36-37H2,1-2H3. The lowest BCUT2D eigenvalue weighted by atomic mass is 9.33. The van der Waals surface area contributed by atoms with Gasteiger partial charge in [0.15, 0.2) is 0 Å². The normalized spacial score (nSPS) is 19.2. The van der Waals surface area contributed by atoms with Gasteiger partial charge in [0.05, 0.1) is 16.9 Å². The Morgan fingerprint density at radius 3 is 2.02 bits per heavy atom. The summed E-state index contributed by atoms with van der Waals surface area (Å²) in [5.74, 6) is 0. The van der Waals surface area contributed by atoms with Crippen LogP contribution in [0.25, 0.3) is 32.7 Å². The predicted octanol–water partition coefficient (Wildman–Crippen LogP) is 13.5. The van der Waals surface area contributed by atoms with Gasteiger partial charge in [-0.1, -0.05) is 165 Å². The van der Waals surface area contributed by atoms with Crippen molar-refractivity contribution in [2.45, 2.75) is 50.5 Å². The summed E-state index contributed by atoms with van der Waals surface area (Å²) >= 11 is 0. The smallest absolute Gasteiger partial charge is 0.252 e. The van der Waals surface area contributed by atoms with Gasteiger partial charge in [-0.2, -0.15) is 0 Å². The Bertz CT molecular complexity index is 3270. The van der Waals surface area contributed by atoms with Crippen LogP contribution in [0.3, 0.4) is 0 Å². The maximum Gasteiger partial charge on any atom is 0.252 e. The molecule has 2 atom stereocenters. The van der Waals surface area contributed by atoms with Crippen molar-refractivity contribution >= 4 is 90.1 Å². The summed E-state index contributed by atoms with van der Waals surface area (Å²) < 4.78 is 0. The van der Waals surface area contributed by atoms with Gasteiger partial charge in [0, 0.05) is 50.5 Å². The molecule has 13 rings (SSSR count). The molecule has 1 fully saturated rings. The number of fused-ring (bicyclic) bond motifs is 9. The van der Waals surface area contributed by atoms with Gasteiger partial charge in [0.25, 0.3) is 6.71 Å². The molecule has 0 radical (unpaired) electrons. The third-order valence-corrected chi connectivity index (χ3v) is 15.4. The number of anilines is 8. The van der Waals surface area contributed by atoms with E-state index in [1.807, 2.05) is 0 Å². The van der Waals surface area contributed by atoms with Crippen LogP contribution in [0.5, 0.6) is 0 Å². The summed E-state index contributed by atoms with van der Waals surface area (Å²) in [5.41, 5.74) is 18.1. The van der Waals surface area contributed by atoms with E-state index in [0.29, 0.717) is 0 Å². The molecule has 62 heavy (non-hydrogen) atoms. The SMILES string of the molecule is CC12CCCCC1(C)N1c3cccc4c3B(c3ccc(N(c5ccccc5-c5cccc6ccccc56)c5cccc6ccccc56)cc3N4c3ccccc3)c3cccc2c31. The van der Waals surface area contributed by atoms with Gasteiger partial charge in [-0.05, 0) is 112 Å². The number of rotatable bonds is 5. The van der Waals surface area contributed by atoms with Gasteiger partial charge in [0.1, 0.15) is 0 Å². The lowest BCUT2D eigenvalue weighted by Gasteiger charge is -2.52. The molecule has 296 valence electrons. The minimum atomic E-state index is 0.00190. The number of para-hydroxylation sites is 3. The predicted molar refractivity (Wildman–Crippen MR) is 264 cm³/mol. The minimum absolute atomic E-state index is 0.00190. The molecular weight excluding hydrogens is 749 g/mol. The molecule has 9 aromatic carbocycles. The lowest BCUT2D eigenvalue weighted by molar-refractivity contribution is 0.195. The molecule has 9 aromatic rings. The maximum absolute atomic E-state index is 2.81. The first-order valence-electron chi connectivity index (χ1n) is 22.4. The van der Waals surface area contributed by atoms with Crippen LogP contribution in [0, 0.1) is 0 Å². The van der Waals surface area contributed by atoms with Gasteiger partial charge in [-0.3, -0.25) is 0 Å². The van der Waals surface area contributed by atoms with Crippen molar-refractivity contribution in [3.05, 3.63) is 200 Å². The monoisotopic (exact) mass is 795 g/mol. The van der Waals surface area contributed by atoms with E-state index >= 15 is 0 Å². The van der Waals surface area contributed by atoms with Crippen LogP contribution in [0.1, 0.15) is 45.1 Å². The van der Waals surface area contributed by atoms with Crippen molar-refractivity contribution < 1.29 is 0 Å². The highest BCUT2D eigenvalue weighted by Crippen LogP contribution is 2.61. The Morgan fingerprint density at radius 2 is 1.15 bits per heavy atom. The van der Waals surface area contributed by atoms with Crippen molar-refractivity contribution in [3.63, 3.8) is 0 Å². The topological polar surface area (TPSA) is 9.72 Å². The minimum Gasteiger partial charge on any atom is -0.335 e. The molecule has 4 aliphatic rings. The van der Waals surface area contributed by atoms with Crippen LogP contribution in [0.15, 0.2) is 194 Å². The third kappa shape index (κ3) is 4.78. The molecule has 3 aliphatic heterocycles. The van der Waals surface area contributed by atoms with E-state index in [1.54, 1.807) is 0 Å². The third-order valence-electron chi connectivity index (χ3n) is 15.4. The Hall–Kier alpha value is -7.04. The van der Waals surface area contributed by atoms with Crippen LogP contribution in [-0.2, 0) is 5.41 Å². The second kappa shape index (κ2) is 13.2. The molecule has 0 amide bonds. The summed E-state index contributed by atoms with van der Waals surface area (Å²) in [6, 6.07) is 72.7. The fraction of sp³-hybridized carbons (Fsp3) is 0.138. The molecule has 2 unspecified atom stereocenters. The van der Waals surface area contributed by atoms with Crippen molar-refractivity contribution in [1.29, 1.82) is 0 Å². The molecule has 0 N–H and O–H groups in total. The first-order valence-corrected chi connectivity index (χ1v) is 22.4. The van der Waals surface area contributed by atoms with Crippen molar-refractivity contribution in [3.8, 4) is 11.1 Å². The highest BCUT2D eigenvalue weighted by atomic mass is 15.3. The van der Waals surface area contributed by atoms with Crippen LogP contribution in [0.4, 0.5) is 45.5 Å². The van der Waals surface area contributed by atoms with E-state index < -0.39 is 0 Å². The van der Waals surface area contributed by atoms with Crippen molar-refractivity contribution in [2.75, 3.05) is 14.7 Å². The summed E-state index contributed by atoms with van der Waals surface area (Å²) in [6.45, 7) is 5.22. The molecule has 0 bridgehead atoms. The Morgan fingerprint density at radius 1 is 0.500 bits per heavy atom. The van der Waals surface area contributed by atoms with Crippen LogP contribution in [0.2, 0.25) is 0 Å². The fourth-order valence-corrected chi connectivity index (χ4v) is 12.4. The van der Waals surface area contributed by atoms with Gasteiger partial charge in [-0.15, -0.1) is 0 Å². The summed E-state index contributed by atoms with van der Waals surface area (Å²) in [6.07, 6.45) is 4.96. The molecule has 0 spiro atoms. The van der Waals surface area contributed by atoms with Crippen LogP contribution < -0.4 is 31.1 Å². The first kappa shape index (κ1) is 35.7. The second-order valence-electron chi connectivity index (χ2n) is 18.3. The van der Waals surface area contributed by atoms with Gasteiger partial charge in [-0.25, -0.2) is 0 Å².